The van der Waals surface area contributed by atoms with Gasteiger partial charge in [0.1, 0.15) is 0 Å². The molecule has 2 aliphatic rings. The summed E-state index contributed by atoms with van der Waals surface area (Å²) in [6.07, 6.45) is 4.61. The molecule has 16 heavy (non-hydrogen) atoms. The molecule has 2 rings (SSSR count). The van der Waals surface area contributed by atoms with E-state index in [2.05, 4.69) is 0 Å². The van der Waals surface area contributed by atoms with Crippen molar-refractivity contribution < 1.29 is 8.42 Å². The van der Waals surface area contributed by atoms with Gasteiger partial charge in [-0.2, -0.15) is 4.31 Å². The van der Waals surface area contributed by atoms with Gasteiger partial charge >= 0.3 is 0 Å². The lowest BCUT2D eigenvalue weighted by atomic mass is 10.0. The van der Waals surface area contributed by atoms with E-state index >= 15 is 0 Å². The molecule has 2 fully saturated rings. The minimum absolute atomic E-state index is 0.0304. The first-order valence-corrected chi connectivity index (χ1v) is 7.83. The Labute approximate surface area is 102 Å². The predicted molar refractivity (Wildman–Crippen MR) is 67.6 cm³/mol. The highest BCUT2D eigenvalue weighted by molar-refractivity contribution is 7.89. The van der Waals surface area contributed by atoms with Crippen LogP contribution in [0, 0.1) is 5.92 Å². The molecular weight excluding hydrogens is 244 g/mol. The van der Waals surface area contributed by atoms with Crippen LogP contribution in [0.25, 0.3) is 0 Å². The lowest BCUT2D eigenvalue weighted by Gasteiger charge is -2.34. The van der Waals surface area contributed by atoms with E-state index in [9.17, 15) is 8.42 Å². The second-order valence-electron chi connectivity index (χ2n) is 4.64. The van der Waals surface area contributed by atoms with Gasteiger partial charge in [-0.05, 0) is 25.7 Å². The lowest BCUT2D eigenvalue weighted by Crippen LogP contribution is -2.48. The molecule has 2 N–H and O–H groups in total. The van der Waals surface area contributed by atoms with Gasteiger partial charge in [0.25, 0.3) is 0 Å². The number of rotatable bonds is 2. The fourth-order valence-corrected chi connectivity index (χ4v) is 4.95. The van der Waals surface area contributed by atoms with Gasteiger partial charge in [-0.15, -0.1) is 0 Å². The van der Waals surface area contributed by atoms with Crippen molar-refractivity contribution in [3.8, 4) is 0 Å². The van der Waals surface area contributed by atoms with Gasteiger partial charge in [0.05, 0.1) is 10.7 Å². The number of nitrogens with two attached hydrogens (primary N) is 1. The first-order valence-electron chi connectivity index (χ1n) is 5.81. The first-order chi connectivity index (χ1) is 7.52. The zero-order valence-corrected chi connectivity index (χ0v) is 10.9. The van der Waals surface area contributed by atoms with Crippen molar-refractivity contribution in [2.24, 2.45) is 11.7 Å². The minimum Gasteiger partial charge on any atom is -0.393 e. The van der Waals surface area contributed by atoms with Crippen molar-refractivity contribution in [3.63, 3.8) is 0 Å². The summed E-state index contributed by atoms with van der Waals surface area (Å²) >= 11 is 5.03. The standard InChI is InChI=1S/C10H18N2O2S2/c11-10(15)8-4-3-5-9(8)12-6-1-2-7-16(12,13)14/h8-9H,1-7H2,(H2,11,15). The zero-order valence-electron chi connectivity index (χ0n) is 9.26. The Hall–Kier alpha value is -0.200. The molecule has 0 aromatic rings. The number of hydrogen-bond acceptors (Lipinski definition) is 3. The quantitative estimate of drug-likeness (QED) is 0.750. The summed E-state index contributed by atoms with van der Waals surface area (Å²) in [7, 11) is -3.06. The van der Waals surface area contributed by atoms with Gasteiger partial charge in [-0.3, -0.25) is 0 Å². The maximum absolute atomic E-state index is 12.0. The van der Waals surface area contributed by atoms with Gasteiger partial charge in [0.2, 0.25) is 10.0 Å². The normalized spacial score (nSPS) is 35.0. The Balaban J connectivity index is 2.19. The maximum Gasteiger partial charge on any atom is 0.214 e. The molecule has 1 saturated carbocycles. The molecule has 2 unspecified atom stereocenters. The SMILES string of the molecule is NC(=S)C1CCCC1N1CCCCS1(=O)=O. The van der Waals surface area contributed by atoms with Crippen molar-refractivity contribution in [2.45, 2.75) is 38.1 Å². The average Bonchev–Trinajstić information content (AvgIpc) is 2.65. The van der Waals surface area contributed by atoms with Crippen molar-refractivity contribution >= 4 is 27.2 Å². The molecule has 0 radical (unpaired) electrons. The van der Waals surface area contributed by atoms with Gasteiger partial charge in [-0.1, -0.05) is 18.6 Å². The van der Waals surface area contributed by atoms with Crippen molar-refractivity contribution in [1.29, 1.82) is 0 Å². The van der Waals surface area contributed by atoms with E-state index in [-0.39, 0.29) is 17.7 Å². The highest BCUT2D eigenvalue weighted by atomic mass is 32.2. The Bertz CT molecular complexity index is 380. The minimum atomic E-state index is -3.06. The van der Waals surface area contributed by atoms with E-state index in [0.717, 1.165) is 32.1 Å². The molecule has 0 bridgehead atoms. The molecule has 0 spiro atoms. The Morgan fingerprint density at radius 2 is 2.00 bits per heavy atom. The van der Waals surface area contributed by atoms with Gasteiger partial charge in [0.15, 0.2) is 0 Å². The second-order valence-corrected chi connectivity index (χ2v) is 7.15. The van der Waals surface area contributed by atoms with Crippen LogP contribution in [0.1, 0.15) is 32.1 Å². The summed E-state index contributed by atoms with van der Waals surface area (Å²) in [4.78, 5) is 0.475. The summed E-state index contributed by atoms with van der Waals surface area (Å²) < 4.78 is 25.6. The zero-order chi connectivity index (χ0) is 11.8. The number of thiocarbonyl (C=S) groups is 1. The summed E-state index contributed by atoms with van der Waals surface area (Å²) in [5.41, 5.74) is 5.69. The van der Waals surface area contributed by atoms with Gasteiger partial charge < -0.3 is 5.73 Å². The average molecular weight is 262 g/mol. The fraction of sp³-hybridized carbons (Fsp3) is 0.900. The van der Waals surface area contributed by atoms with Gasteiger partial charge in [0, 0.05) is 18.5 Å². The molecule has 1 saturated heterocycles. The van der Waals surface area contributed by atoms with Crippen LogP contribution in [0.15, 0.2) is 0 Å². The number of hydrogen-bond donors (Lipinski definition) is 1. The van der Waals surface area contributed by atoms with Crippen LogP contribution in [0.2, 0.25) is 0 Å². The molecule has 1 aliphatic carbocycles. The predicted octanol–water partition coefficient (Wildman–Crippen LogP) is 0.867. The molecule has 92 valence electrons. The van der Waals surface area contributed by atoms with E-state index in [1.165, 1.54) is 0 Å². The molecule has 1 aliphatic heterocycles. The summed E-state index contributed by atoms with van der Waals surface area (Å²) in [5.74, 6) is 0.371. The molecule has 1 heterocycles. The molecule has 0 amide bonds. The third-order valence-electron chi connectivity index (χ3n) is 3.60. The van der Waals surface area contributed by atoms with E-state index < -0.39 is 10.0 Å². The summed E-state index contributed by atoms with van der Waals surface area (Å²) in [5, 5.41) is 0. The maximum atomic E-state index is 12.0. The van der Waals surface area contributed by atoms with Gasteiger partial charge in [-0.25, -0.2) is 8.42 Å². The van der Waals surface area contributed by atoms with Crippen molar-refractivity contribution in [1.82, 2.24) is 4.31 Å². The Morgan fingerprint density at radius 3 is 2.62 bits per heavy atom. The lowest BCUT2D eigenvalue weighted by molar-refractivity contribution is 0.283. The molecule has 2 atom stereocenters. The van der Waals surface area contributed by atoms with Crippen LogP contribution < -0.4 is 5.73 Å². The Morgan fingerprint density at radius 1 is 1.25 bits per heavy atom. The van der Waals surface area contributed by atoms with Crippen molar-refractivity contribution in [2.75, 3.05) is 12.3 Å². The van der Waals surface area contributed by atoms with Crippen LogP contribution in [-0.4, -0.2) is 36.1 Å². The topological polar surface area (TPSA) is 63.4 Å². The molecular formula is C10H18N2O2S2. The summed E-state index contributed by atoms with van der Waals surface area (Å²) in [6.45, 7) is 0.645. The van der Waals surface area contributed by atoms with Crippen molar-refractivity contribution in [3.05, 3.63) is 0 Å². The highest BCUT2D eigenvalue weighted by Crippen LogP contribution is 2.33. The second kappa shape index (κ2) is 4.58. The largest absolute Gasteiger partial charge is 0.393 e. The van der Waals surface area contributed by atoms with Crippen LogP contribution in [0.4, 0.5) is 0 Å². The molecule has 4 nitrogen and oxygen atoms in total. The first kappa shape index (κ1) is 12.3. The highest BCUT2D eigenvalue weighted by Gasteiger charge is 2.40. The third-order valence-corrected chi connectivity index (χ3v) is 5.88. The number of nitrogens with zero attached hydrogens (tertiary/aromatic N) is 1. The van der Waals surface area contributed by atoms with Crippen LogP contribution in [0.5, 0.6) is 0 Å². The van der Waals surface area contributed by atoms with E-state index in [0.29, 0.717) is 11.5 Å². The third kappa shape index (κ3) is 2.24. The van der Waals surface area contributed by atoms with Crippen LogP contribution in [0.3, 0.4) is 0 Å². The van der Waals surface area contributed by atoms with E-state index in [1.807, 2.05) is 0 Å². The fourth-order valence-electron chi connectivity index (χ4n) is 2.80. The van der Waals surface area contributed by atoms with E-state index in [1.54, 1.807) is 4.31 Å². The van der Waals surface area contributed by atoms with E-state index in [4.69, 9.17) is 18.0 Å². The molecule has 0 aromatic carbocycles. The Kier molecular flexibility index (Phi) is 3.51. The van der Waals surface area contributed by atoms with Crippen LogP contribution >= 0.6 is 12.2 Å². The monoisotopic (exact) mass is 262 g/mol. The molecule has 0 aromatic heterocycles. The molecule has 6 heteroatoms. The smallest absolute Gasteiger partial charge is 0.214 e. The number of sulfonamides is 1. The van der Waals surface area contributed by atoms with Crippen LogP contribution in [-0.2, 0) is 10.0 Å². The summed E-state index contributed by atoms with van der Waals surface area (Å²) in [6, 6.07) is 0.0304.